The van der Waals surface area contributed by atoms with Crippen LogP contribution >= 0.6 is 0 Å². The largest absolute Gasteiger partial charge is 0.389 e. The Balaban J connectivity index is 2.00. The minimum Gasteiger partial charge on any atom is -0.389 e. The molecule has 2 heterocycles. The Morgan fingerprint density at radius 2 is 2.33 bits per heavy atom. The number of nitrogens with one attached hydrogen (secondary N) is 1. The summed E-state index contributed by atoms with van der Waals surface area (Å²) in [6, 6.07) is -0.0125. The van der Waals surface area contributed by atoms with Crippen LogP contribution in [0.3, 0.4) is 0 Å². The molecule has 15 heavy (non-hydrogen) atoms. The molecule has 0 aromatic carbocycles. The summed E-state index contributed by atoms with van der Waals surface area (Å²) in [5.41, 5.74) is -0.605. The van der Waals surface area contributed by atoms with Gasteiger partial charge in [0.2, 0.25) is 5.91 Å². The van der Waals surface area contributed by atoms with E-state index in [-0.39, 0.29) is 11.9 Å². The highest BCUT2D eigenvalue weighted by molar-refractivity contribution is 5.82. The van der Waals surface area contributed by atoms with E-state index in [2.05, 4.69) is 10.2 Å². The smallest absolute Gasteiger partial charge is 0.237 e. The van der Waals surface area contributed by atoms with Gasteiger partial charge in [0.1, 0.15) is 0 Å². The second-order valence-corrected chi connectivity index (χ2v) is 5.02. The first-order valence-electron chi connectivity index (χ1n) is 5.83. The average molecular weight is 212 g/mol. The molecule has 2 aliphatic rings. The Hall–Kier alpha value is -0.610. The third-order valence-electron chi connectivity index (χ3n) is 3.43. The number of nitrogens with zero attached hydrogens (tertiary/aromatic N) is 1. The van der Waals surface area contributed by atoms with Gasteiger partial charge in [-0.2, -0.15) is 0 Å². The van der Waals surface area contributed by atoms with Gasteiger partial charge in [0.15, 0.2) is 0 Å². The average Bonchev–Trinajstić information content (AvgIpc) is 2.39. The van der Waals surface area contributed by atoms with Crippen LogP contribution in [0.5, 0.6) is 0 Å². The molecule has 0 spiro atoms. The second kappa shape index (κ2) is 4.10. The molecule has 0 saturated carbocycles. The van der Waals surface area contributed by atoms with Crippen LogP contribution in [0.25, 0.3) is 0 Å². The first kappa shape index (κ1) is 10.9. The fourth-order valence-corrected chi connectivity index (χ4v) is 2.52. The van der Waals surface area contributed by atoms with Crippen LogP contribution in [0.15, 0.2) is 0 Å². The second-order valence-electron chi connectivity index (χ2n) is 5.02. The van der Waals surface area contributed by atoms with E-state index in [0.29, 0.717) is 6.54 Å². The highest BCUT2D eigenvalue weighted by Gasteiger charge is 2.37. The van der Waals surface area contributed by atoms with Crippen molar-refractivity contribution in [3.63, 3.8) is 0 Å². The highest BCUT2D eigenvalue weighted by atomic mass is 16.3. The summed E-state index contributed by atoms with van der Waals surface area (Å²) in [7, 11) is 0. The number of hydrogen-bond donors (Lipinski definition) is 2. The fraction of sp³-hybridized carbons (Fsp3) is 0.909. The van der Waals surface area contributed by atoms with Crippen molar-refractivity contribution in [2.45, 2.75) is 44.2 Å². The molecule has 4 nitrogen and oxygen atoms in total. The van der Waals surface area contributed by atoms with Crippen molar-refractivity contribution in [2.24, 2.45) is 0 Å². The van der Waals surface area contributed by atoms with Gasteiger partial charge in [-0.05, 0) is 32.6 Å². The van der Waals surface area contributed by atoms with E-state index in [1.807, 2.05) is 6.92 Å². The van der Waals surface area contributed by atoms with Crippen molar-refractivity contribution in [2.75, 3.05) is 19.6 Å². The molecular weight excluding hydrogens is 192 g/mol. The zero-order valence-corrected chi connectivity index (χ0v) is 9.33. The van der Waals surface area contributed by atoms with Gasteiger partial charge in [0.05, 0.1) is 11.6 Å². The number of carbonyl (C=O) groups excluding carboxylic acids is 1. The molecule has 1 amide bonds. The maximum atomic E-state index is 11.8. The first-order chi connectivity index (χ1) is 7.08. The third-order valence-corrected chi connectivity index (χ3v) is 3.43. The zero-order valence-electron chi connectivity index (χ0n) is 9.33. The molecule has 4 heteroatoms. The Morgan fingerprint density at radius 3 is 3.00 bits per heavy atom. The molecule has 2 atom stereocenters. The van der Waals surface area contributed by atoms with Crippen LogP contribution in [-0.4, -0.2) is 47.2 Å². The van der Waals surface area contributed by atoms with Gasteiger partial charge in [-0.25, -0.2) is 0 Å². The Kier molecular flexibility index (Phi) is 2.98. The normalized spacial score (nSPS) is 38.8. The molecule has 2 saturated heterocycles. The van der Waals surface area contributed by atoms with Gasteiger partial charge >= 0.3 is 0 Å². The maximum absolute atomic E-state index is 11.8. The summed E-state index contributed by atoms with van der Waals surface area (Å²) in [5, 5.41) is 12.8. The van der Waals surface area contributed by atoms with Gasteiger partial charge in [0.25, 0.3) is 0 Å². The van der Waals surface area contributed by atoms with E-state index < -0.39 is 5.60 Å². The van der Waals surface area contributed by atoms with E-state index in [1.54, 1.807) is 0 Å². The first-order valence-corrected chi connectivity index (χ1v) is 5.83. The van der Waals surface area contributed by atoms with Gasteiger partial charge in [-0.1, -0.05) is 0 Å². The maximum Gasteiger partial charge on any atom is 0.237 e. The van der Waals surface area contributed by atoms with E-state index in [1.165, 1.54) is 0 Å². The van der Waals surface area contributed by atoms with Crippen molar-refractivity contribution < 1.29 is 9.90 Å². The van der Waals surface area contributed by atoms with Crippen molar-refractivity contribution in [1.82, 2.24) is 10.2 Å². The molecule has 2 fully saturated rings. The molecule has 0 radical (unpaired) electrons. The van der Waals surface area contributed by atoms with Crippen molar-refractivity contribution in [3.8, 4) is 0 Å². The topological polar surface area (TPSA) is 52.6 Å². The highest BCUT2D eigenvalue weighted by Crippen LogP contribution is 2.24. The number of rotatable bonds is 1. The van der Waals surface area contributed by atoms with Crippen molar-refractivity contribution in [3.05, 3.63) is 0 Å². The molecule has 2 rings (SSSR count). The van der Waals surface area contributed by atoms with E-state index in [0.717, 1.165) is 38.8 Å². The third kappa shape index (κ3) is 2.49. The van der Waals surface area contributed by atoms with Crippen LogP contribution in [0.2, 0.25) is 0 Å². The van der Waals surface area contributed by atoms with Gasteiger partial charge in [0, 0.05) is 19.6 Å². The Morgan fingerprint density at radius 1 is 1.53 bits per heavy atom. The molecule has 0 aromatic heterocycles. The zero-order chi connectivity index (χ0) is 10.9. The lowest BCUT2D eigenvalue weighted by atomic mass is 10.1. The standard InChI is InChI=1S/C11H20N2O2/c1-11(15)5-7-13(8-11)9-4-2-3-6-12-10(9)14/h9,15H,2-8H2,1H3,(H,12,14). The molecule has 0 aliphatic carbocycles. The molecule has 2 N–H and O–H groups in total. The SMILES string of the molecule is CC1(O)CCN(C2CCCCNC2=O)C1. The minimum absolute atomic E-state index is 0.0125. The number of likely N-dealkylation sites (tertiary alicyclic amines) is 1. The monoisotopic (exact) mass is 212 g/mol. The molecule has 2 aliphatic heterocycles. The van der Waals surface area contributed by atoms with E-state index >= 15 is 0 Å². The summed E-state index contributed by atoms with van der Waals surface area (Å²) in [6.45, 7) is 4.12. The summed E-state index contributed by atoms with van der Waals surface area (Å²) in [4.78, 5) is 13.9. The van der Waals surface area contributed by atoms with Crippen LogP contribution < -0.4 is 5.32 Å². The summed E-state index contributed by atoms with van der Waals surface area (Å²) < 4.78 is 0. The lowest BCUT2D eigenvalue weighted by molar-refractivity contribution is -0.126. The molecular formula is C11H20N2O2. The molecule has 86 valence electrons. The summed E-state index contributed by atoms with van der Waals surface area (Å²) in [6.07, 6.45) is 3.88. The number of carbonyl (C=O) groups is 1. The van der Waals surface area contributed by atoms with Crippen molar-refractivity contribution in [1.29, 1.82) is 0 Å². The minimum atomic E-state index is -0.605. The molecule has 2 unspecified atom stereocenters. The van der Waals surface area contributed by atoms with Crippen LogP contribution in [0, 0.1) is 0 Å². The van der Waals surface area contributed by atoms with Gasteiger partial charge in [-0.15, -0.1) is 0 Å². The lowest BCUT2D eigenvalue weighted by Crippen LogP contribution is -2.46. The van der Waals surface area contributed by atoms with Crippen molar-refractivity contribution >= 4 is 5.91 Å². The Labute approximate surface area is 90.6 Å². The number of aliphatic hydroxyl groups is 1. The summed E-state index contributed by atoms with van der Waals surface area (Å²) in [5.74, 6) is 0.144. The fourth-order valence-electron chi connectivity index (χ4n) is 2.52. The van der Waals surface area contributed by atoms with Gasteiger partial charge in [-0.3, -0.25) is 9.69 Å². The number of β-amino-alcohol motifs (C(OH)–C–C–N with tert-alkyl or cyclic N) is 1. The van der Waals surface area contributed by atoms with Crippen LogP contribution in [0.1, 0.15) is 32.6 Å². The Bertz CT molecular complexity index is 253. The van der Waals surface area contributed by atoms with Crippen LogP contribution in [0.4, 0.5) is 0 Å². The van der Waals surface area contributed by atoms with E-state index in [9.17, 15) is 9.90 Å². The van der Waals surface area contributed by atoms with E-state index in [4.69, 9.17) is 0 Å². The quantitative estimate of drug-likeness (QED) is 0.649. The number of hydrogen-bond acceptors (Lipinski definition) is 3. The lowest BCUT2D eigenvalue weighted by Gasteiger charge is -2.26. The van der Waals surface area contributed by atoms with Crippen LogP contribution in [-0.2, 0) is 4.79 Å². The molecule has 0 aromatic rings. The summed E-state index contributed by atoms with van der Waals surface area (Å²) >= 11 is 0. The predicted octanol–water partition coefficient (Wildman–Crippen LogP) is 0.112. The predicted molar refractivity (Wildman–Crippen MR) is 57.5 cm³/mol. The molecule has 0 bridgehead atoms. The number of amides is 1. The van der Waals surface area contributed by atoms with Gasteiger partial charge < -0.3 is 10.4 Å².